The van der Waals surface area contributed by atoms with Crippen molar-refractivity contribution >= 4 is 17.4 Å². The van der Waals surface area contributed by atoms with E-state index in [0.29, 0.717) is 17.0 Å². The number of hydrogen-bond donors (Lipinski definition) is 0. The van der Waals surface area contributed by atoms with Gasteiger partial charge in [-0.05, 0) is 29.8 Å². The second kappa shape index (κ2) is 6.58. The van der Waals surface area contributed by atoms with Gasteiger partial charge in [-0.25, -0.2) is 4.98 Å². The Morgan fingerprint density at radius 3 is 2.45 bits per heavy atom. The molecule has 4 heteroatoms. The molecule has 1 unspecified atom stereocenters. The lowest BCUT2D eigenvalue weighted by molar-refractivity contribution is 0.0924. The predicted molar refractivity (Wildman–Crippen MR) is 87.2 cm³/mol. The molecule has 1 aromatic heterocycles. The third kappa shape index (κ3) is 3.26. The number of carbonyl (C=O) groups excluding carboxylic acids is 1. The lowest BCUT2D eigenvalue weighted by Crippen LogP contribution is -2.21. The van der Waals surface area contributed by atoms with Gasteiger partial charge in [0.15, 0.2) is 5.78 Å². The van der Waals surface area contributed by atoms with Crippen molar-refractivity contribution in [3.8, 4) is 0 Å². The first-order valence-corrected chi connectivity index (χ1v) is 7.43. The third-order valence-electron chi connectivity index (χ3n) is 3.59. The first-order chi connectivity index (χ1) is 10.7. The zero-order valence-electron chi connectivity index (χ0n) is 11.9. The minimum absolute atomic E-state index is 0.0542. The Kier molecular flexibility index (Phi) is 4.35. The van der Waals surface area contributed by atoms with Gasteiger partial charge in [-0.1, -0.05) is 41.9 Å². The van der Waals surface area contributed by atoms with Crippen LogP contribution in [0, 0.1) is 0 Å². The number of hydrogen-bond acceptors (Lipinski definition) is 2. The van der Waals surface area contributed by atoms with E-state index in [-0.39, 0.29) is 11.8 Å². The normalized spacial score (nSPS) is 12.0. The van der Waals surface area contributed by atoms with Crippen LogP contribution in [0.2, 0.25) is 5.02 Å². The molecule has 2 aromatic carbocycles. The van der Waals surface area contributed by atoms with Crippen LogP contribution >= 0.6 is 11.6 Å². The Morgan fingerprint density at radius 1 is 1.09 bits per heavy atom. The minimum Gasteiger partial charge on any atom is -0.326 e. The number of benzene rings is 2. The average molecular weight is 311 g/mol. The van der Waals surface area contributed by atoms with Gasteiger partial charge in [-0.2, -0.15) is 0 Å². The van der Waals surface area contributed by atoms with Crippen molar-refractivity contribution in [1.29, 1.82) is 0 Å². The maximum absolute atomic E-state index is 12.9. The minimum atomic E-state index is -0.314. The maximum Gasteiger partial charge on any atom is 0.185 e. The maximum atomic E-state index is 12.9. The summed E-state index contributed by atoms with van der Waals surface area (Å²) in [6.45, 7) is 0. The molecule has 0 bridgehead atoms. The number of Topliss-reactive ketones (excluding diaryl/α,β-unsaturated/α-hetero) is 1. The molecule has 0 N–H and O–H groups in total. The molecular weight excluding hydrogens is 296 g/mol. The van der Waals surface area contributed by atoms with Gasteiger partial charge in [0.2, 0.25) is 0 Å². The Hall–Kier alpha value is -2.39. The molecule has 110 valence electrons. The molecule has 1 atom stereocenters. The van der Waals surface area contributed by atoms with Gasteiger partial charge < -0.3 is 4.57 Å². The Bertz CT molecular complexity index is 737. The first kappa shape index (κ1) is 14.5. The fraction of sp³-hybridized carbons (Fsp3) is 0.111. The Labute approximate surface area is 134 Å². The van der Waals surface area contributed by atoms with Crippen molar-refractivity contribution in [2.45, 2.75) is 12.5 Å². The lowest BCUT2D eigenvalue weighted by atomic mass is 9.97. The molecule has 3 nitrogen and oxygen atoms in total. The summed E-state index contributed by atoms with van der Waals surface area (Å²) < 4.78 is 1.85. The summed E-state index contributed by atoms with van der Waals surface area (Å²) in [5, 5.41) is 0.624. The van der Waals surface area contributed by atoms with E-state index in [4.69, 9.17) is 11.6 Å². The van der Waals surface area contributed by atoms with E-state index < -0.39 is 0 Å². The van der Waals surface area contributed by atoms with Crippen LogP contribution in [0.3, 0.4) is 0 Å². The van der Waals surface area contributed by atoms with E-state index in [0.717, 1.165) is 5.56 Å². The highest BCUT2D eigenvalue weighted by atomic mass is 35.5. The van der Waals surface area contributed by atoms with Crippen molar-refractivity contribution in [2.75, 3.05) is 0 Å². The fourth-order valence-corrected chi connectivity index (χ4v) is 2.56. The number of imidazole rings is 1. The van der Waals surface area contributed by atoms with Gasteiger partial charge in [0.1, 0.15) is 6.04 Å². The molecule has 0 fully saturated rings. The van der Waals surface area contributed by atoms with Crippen LogP contribution in [0.15, 0.2) is 73.3 Å². The average Bonchev–Trinajstić information content (AvgIpc) is 3.08. The number of halogens is 1. The van der Waals surface area contributed by atoms with Crippen LogP contribution in [0.1, 0.15) is 22.0 Å². The van der Waals surface area contributed by atoms with Crippen molar-refractivity contribution in [3.63, 3.8) is 0 Å². The SMILES string of the molecule is O=C(c1ccc(Cl)cc1)C(Cc1ccccc1)n1ccnc1. The van der Waals surface area contributed by atoms with Crippen molar-refractivity contribution in [1.82, 2.24) is 9.55 Å². The van der Waals surface area contributed by atoms with E-state index in [2.05, 4.69) is 4.98 Å². The molecule has 0 spiro atoms. The number of aromatic nitrogens is 2. The topological polar surface area (TPSA) is 34.9 Å². The summed E-state index contributed by atoms with van der Waals surface area (Å²) in [4.78, 5) is 16.9. The summed E-state index contributed by atoms with van der Waals surface area (Å²) in [5.74, 6) is 0.0542. The fourth-order valence-electron chi connectivity index (χ4n) is 2.43. The summed E-state index contributed by atoms with van der Waals surface area (Å²) in [6.07, 6.45) is 5.81. The van der Waals surface area contributed by atoms with Gasteiger partial charge in [0, 0.05) is 29.4 Å². The molecule has 3 aromatic rings. The van der Waals surface area contributed by atoms with Crippen molar-refractivity contribution < 1.29 is 4.79 Å². The van der Waals surface area contributed by atoms with Crippen LogP contribution in [0.4, 0.5) is 0 Å². The smallest absolute Gasteiger partial charge is 0.185 e. The van der Waals surface area contributed by atoms with Gasteiger partial charge in [-0.3, -0.25) is 4.79 Å². The molecule has 0 aliphatic carbocycles. The van der Waals surface area contributed by atoms with Crippen molar-refractivity contribution in [3.05, 3.63) is 89.5 Å². The molecule has 0 saturated heterocycles. The first-order valence-electron chi connectivity index (χ1n) is 7.05. The van der Waals surface area contributed by atoms with E-state index in [1.165, 1.54) is 0 Å². The number of ketones is 1. The molecule has 0 aliphatic rings. The van der Waals surface area contributed by atoms with Crippen LogP contribution in [-0.2, 0) is 6.42 Å². The second-order valence-electron chi connectivity index (χ2n) is 5.09. The quantitative estimate of drug-likeness (QED) is 0.662. The molecular formula is C18H15ClN2O. The Balaban J connectivity index is 1.91. The predicted octanol–water partition coefficient (Wildman–Crippen LogP) is 4.20. The summed E-state index contributed by atoms with van der Waals surface area (Å²) in [7, 11) is 0. The van der Waals surface area contributed by atoms with E-state index in [9.17, 15) is 4.79 Å². The van der Waals surface area contributed by atoms with Crippen LogP contribution in [-0.4, -0.2) is 15.3 Å². The zero-order chi connectivity index (χ0) is 15.4. The van der Waals surface area contributed by atoms with Crippen molar-refractivity contribution in [2.24, 2.45) is 0 Å². The lowest BCUT2D eigenvalue weighted by Gasteiger charge is -2.17. The highest BCUT2D eigenvalue weighted by Crippen LogP contribution is 2.21. The van der Waals surface area contributed by atoms with Crippen LogP contribution < -0.4 is 0 Å². The standard InChI is InChI=1S/C18H15ClN2O/c19-16-8-6-15(7-9-16)18(22)17(21-11-10-20-13-21)12-14-4-2-1-3-5-14/h1-11,13,17H,12H2. The van der Waals surface area contributed by atoms with Gasteiger partial charge in [0.05, 0.1) is 6.33 Å². The molecule has 22 heavy (non-hydrogen) atoms. The molecule has 0 amide bonds. The Morgan fingerprint density at radius 2 is 1.82 bits per heavy atom. The number of nitrogens with zero attached hydrogens (tertiary/aromatic N) is 2. The monoisotopic (exact) mass is 310 g/mol. The zero-order valence-corrected chi connectivity index (χ0v) is 12.6. The van der Waals surface area contributed by atoms with Crippen LogP contribution in [0.25, 0.3) is 0 Å². The largest absolute Gasteiger partial charge is 0.326 e. The number of carbonyl (C=O) groups is 1. The highest BCUT2D eigenvalue weighted by molar-refractivity contribution is 6.30. The molecule has 0 radical (unpaired) electrons. The summed E-state index contributed by atoms with van der Waals surface area (Å²) in [5.41, 5.74) is 1.77. The van der Waals surface area contributed by atoms with Gasteiger partial charge >= 0.3 is 0 Å². The second-order valence-corrected chi connectivity index (χ2v) is 5.52. The van der Waals surface area contributed by atoms with E-state index >= 15 is 0 Å². The van der Waals surface area contributed by atoms with E-state index in [1.807, 2.05) is 41.1 Å². The molecule has 1 heterocycles. The summed E-state index contributed by atoms with van der Waals surface area (Å²) >= 11 is 5.90. The highest BCUT2D eigenvalue weighted by Gasteiger charge is 2.22. The van der Waals surface area contributed by atoms with E-state index in [1.54, 1.807) is 36.8 Å². The summed E-state index contributed by atoms with van der Waals surface area (Å²) in [6, 6.07) is 16.7. The van der Waals surface area contributed by atoms with Gasteiger partial charge in [0.25, 0.3) is 0 Å². The molecule has 0 aliphatic heterocycles. The molecule has 3 rings (SSSR count). The van der Waals surface area contributed by atoms with Gasteiger partial charge in [-0.15, -0.1) is 0 Å². The third-order valence-corrected chi connectivity index (χ3v) is 3.84. The molecule has 0 saturated carbocycles. The van der Waals surface area contributed by atoms with Crippen LogP contribution in [0.5, 0.6) is 0 Å². The number of rotatable bonds is 5.